The number of carbonyl (C=O) groups excluding carboxylic acids is 1. The highest BCUT2D eigenvalue weighted by Crippen LogP contribution is 2.24. The molecule has 0 aliphatic carbocycles. The van der Waals surface area contributed by atoms with Crippen molar-refractivity contribution in [3.63, 3.8) is 0 Å². The van der Waals surface area contributed by atoms with Crippen molar-refractivity contribution in [3.8, 4) is 0 Å². The molecule has 1 aromatic heterocycles. The van der Waals surface area contributed by atoms with Gasteiger partial charge in [0.1, 0.15) is 5.15 Å². The van der Waals surface area contributed by atoms with Gasteiger partial charge in [-0.25, -0.2) is 4.98 Å². The first-order valence-corrected chi connectivity index (χ1v) is 7.79. The largest absolute Gasteiger partial charge is 0.348 e. The molecule has 1 saturated heterocycles. The van der Waals surface area contributed by atoms with Crippen LogP contribution in [0.5, 0.6) is 0 Å². The number of nitrogens with one attached hydrogen (secondary N) is 2. The molecule has 2 heterocycles. The molecule has 1 aliphatic heterocycles. The Morgan fingerprint density at radius 1 is 1.23 bits per heavy atom. The molecule has 0 radical (unpaired) electrons. The molecule has 0 bridgehead atoms. The lowest BCUT2D eigenvalue weighted by Crippen LogP contribution is -2.48. The molecule has 2 aromatic rings. The van der Waals surface area contributed by atoms with Gasteiger partial charge in [-0.1, -0.05) is 48.0 Å². The van der Waals surface area contributed by atoms with E-state index in [2.05, 4.69) is 15.6 Å². The predicted octanol–water partition coefficient (Wildman–Crippen LogP) is 2.84. The Hall–Kier alpha value is -1.91. The fraction of sp³-hybridized carbons (Fsp3) is 0.294. The summed E-state index contributed by atoms with van der Waals surface area (Å²) in [7, 11) is 0. The van der Waals surface area contributed by atoms with E-state index in [1.54, 1.807) is 6.20 Å². The summed E-state index contributed by atoms with van der Waals surface area (Å²) in [6.45, 7) is 0.635. The maximum Gasteiger partial charge on any atom is 0.220 e. The van der Waals surface area contributed by atoms with E-state index >= 15 is 0 Å². The van der Waals surface area contributed by atoms with Crippen molar-refractivity contribution in [2.45, 2.75) is 31.5 Å². The summed E-state index contributed by atoms with van der Waals surface area (Å²) >= 11 is 6.10. The molecular formula is C17H18ClN3O. The average molecular weight is 316 g/mol. The fourth-order valence-electron chi connectivity index (χ4n) is 2.79. The van der Waals surface area contributed by atoms with Crippen LogP contribution in [0.2, 0.25) is 5.15 Å². The molecule has 1 amide bonds. The third kappa shape index (κ3) is 3.46. The fourth-order valence-corrected chi connectivity index (χ4v) is 2.97. The van der Waals surface area contributed by atoms with Crippen LogP contribution in [0.3, 0.4) is 0 Å². The van der Waals surface area contributed by atoms with E-state index < -0.39 is 0 Å². The minimum atomic E-state index is -0.0158. The number of benzene rings is 1. The molecule has 1 fully saturated rings. The molecule has 1 aromatic carbocycles. The molecule has 0 saturated carbocycles. The lowest BCUT2D eigenvalue weighted by molar-refractivity contribution is -0.123. The van der Waals surface area contributed by atoms with E-state index in [1.165, 1.54) is 0 Å². The van der Waals surface area contributed by atoms with Crippen molar-refractivity contribution >= 4 is 17.5 Å². The first-order valence-electron chi connectivity index (χ1n) is 7.41. The summed E-state index contributed by atoms with van der Waals surface area (Å²) in [5.74, 6) is 0.103. The molecule has 2 N–H and O–H groups in total. The van der Waals surface area contributed by atoms with Gasteiger partial charge in [0.2, 0.25) is 5.91 Å². The standard InChI is InChI=1S/C17H18ClN3O/c18-17-13(7-4-10-19-17)11-20-14-8-9-15(22)21-16(14)12-5-2-1-3-6-12/h1-7,10,14,16,20H,8-9,11H2,(H,21,22)/t14-,16+/m1/s1. The zero-order valence-corrected chi connectivity index (χ0v) is 12.9. The second-order valence-electron chi connectivity index (χ2n) is 5.44. The van der Waals surface area contributed by atoms with E-state index in [0.717, 1.165) is 17.5 Å². The average Bonchev–Trinajstić information content (AvgIpc) is 2.56. The van der Waals surface area contributed by atoms with Crippen LogP contribution in [0.25, 0.3) is 0 Å². The van der Waals surface area contributed by atoms with Crippen LogP contribution >= 0.6 is 11.6 Å². The van der Waals surface area contributed by atoms with Crippen LogP contribution < -0.4 is 10.6 Å². The van der Waals surface area contributed by atoms with Gasteiger partial charge < -0.3 is 10.6 Å². The summed E-state index contributed by atoms with van der Waals surface area (Å²) in [6.07, 6.45) is 3.03. The van der Waals surface area contributed by atoms with Crippen molar-refractivity contribution < 1.29 is 4.79 Å². The molecule has 22 heavy (non-hydrogen) atoms. The van der Waals surface area contributed by atoms with Crippen molar-refractivity contribution in [3.05, 3.63) is 64.9 Å². The number of carbonyl (C=O) groups is 1. The van der Waals surface area contributed by atoms with Crippen molar-refractivity contribution in [1.82, 2.24) is 15.6 Å². The number of hydrogen-bond donors (Lipinski definition) is 2. The molecule has 4 nitrogen and oxygen atoms in total. The SMILES string of the molecule is O=C1CC[C@@H](NCc2cccnc2Cl)[C@H](c2ccccc2)N1. The van der Waals surface area contributed by atoms with Crippen LogP contribution in [0.4, 0.5) is 0 Å². The molecule has 1 aliphatic rings. The Bertz CT molecular complexity index is 647. The molecule has 0 spiro atoms. The number of amides is 1. The molecular weight excluding hydrogens is 298 g/mol. The minimum absolute atomic E-state index is 0.0158. The number of nitrogens with zero attached hydrogens (tertiary/aromatic N) is 1. The highest BCUT2D eigenvalue weighted by molar-refractivity contribution is 6.30. The Balaban J connectivity index is 1.73. The van der Waals surface area contributed by atoms with E-state index in [0.29, 0.717) is 18.1 Å². The highest BCUT2D eigenvalue weighted by Gasteiger charge is 2.29. The van der Waals surface area contributed by atoms with Gasteiger partial charge in [-0.15, -0.1) is 0 Å². The van der Waals surface area contributed by atoms with E-state index in [-0.39, 0.29) is 18.0 Å². The number of rotatable bonds is 4. The Morgan fingerprint density at radius 3 is 2.82 bits per heavy atom. The monoisotopic (exact) mass is 315 g/mol. The van der Waals surface area contributed by atoms with Crippen LogP contribution in [-0.2, 0) is 11.3 Å². The quantitative estimate of drug-likeness (QED) is 0.853. The van der Waals surface area contributed by atoms with Crippen molar-refractivity contribution in [1.29, 1.82) is 0 Å². The first kappa shape index (κ1) is 15.0. The topological polar surface area (TPSA) is 54.0 Å². The van der Waals surface area contributed by atoms with Crippen LogP contribution in [0, 0.1) is 0 Å². The van der Waals surface area contributed by atoms with E-state index in [4.69, 9.17) is 11.6 Å². The van der Waals surface area contributed by atoms with Crippen LogP contribution in [0.15, 0.2) is 48.7 Å². The molecule has 3 rings (SSSR count). The number of aromatic nitrogens is 1. The smallest absolute Gasteiger partial charge is 0.220 e. The third-order valence-electron chi connectivity index (χ3n) is 3.95. The van der Waals surface area contributed by atoms with Gasteiger partial charge in [-0.05, 0) is 18.1 Å². The minimum Gasteiger partial charge on any atom is -0.348 e. The summed E-state index contributed by atoms with van der Waals surface area (Å²) in [5, 5.41) is 7.11. The van der Waals surface area contributed by atoms with Gasteiger partial charge in [0.15, 0.2) is 0 Å². The van der Waals surface area contributed by atoms with Crippen molar-refractivity contribution in [2.24, 2.45) is 0 Å². The first-order chi connectivity index (χ1) is 10.7. The normalized spacial score (nSPS) is 21.4. The zero-order valence-electron chi connectivity index (χ0n) is 12.1. The Labute approximate surface area is 134 Å². The summed E-state index contributed by atoms with van der Waals surface area (Å²) in [5.41, 5.74) is 2.08. The summed E-state index contributed by atoms with van der Waals surface area (Å²) < 4.78 is 0. The number of pyridine rings is 1. The van der Waals surface area contributed by atoms with E-state index in [9.17, 15) is 4.79 Å². The van der Waals surface area contributed by atoms with Crippen LogP contribution in [-0.4, -0.2) is 16.9 Å². The Kier molecular flexibility index (Phi) is 4.71. The molecule has 114 valence electrons. The predicted molar refractivity (Wildman–Crippen MR) is 86.4 cm³/mol. The number of piperidine rings is 1. The summed E-state index contributed by atoms with van der Waals surface area (Å²) in [6, 6.07) is 14.0. The number of hydrogen-bond acceptors (Lipinski definition) is 3. The second kappa shape index (κ2) is 6.90. The molecule has 0 unspecified atom stereocenters. The van der Waals surface area contributed by atoms with Gasteiger partial charge in [-0.2, -0.15) is 0 Å². The lowest BCUT2D eigenvalue weighted by atomic mass is 9.92. The maximum atomic E-state index is 11.8. The third-order valence-corrected chi connectivity index (χ3v) is 4.29. The highest BCUT2D eigenvalue weighted by atomic mass is 35.5. The lowest BCUT2D eigenvalue weighted by Gasteiger charge is -2.33. The van der Waals surface area contributed by atoms with Gasteiger partial charge in [0, 0.05) is 30.8 Å². The van der Waals surface area contributed by atoms with Gasteiger partial charge in [0.05, 0.1) is 6.04 Å². The second-order valence-corrected chi connectivity index (χ2v) is 5.79. The van der Waals surface area contributed by atoms with E-state index in [1.807, 2.05) is 42.5 Å². The molecule has 5 heteroatoms. The molecule has 2 atom stereocenters. The summed E-state index contributed by atoms with van der Waals surface area (Å²) in [4.78, 5) is 15.8. The Morgan fingerprint density at radius 2 is 2.05 bits per heavy atom. The van der Waals surface area contributed by atoms with Crippen molar-refractivity contribution in [2.75, 3.05) is 0 Å². The number of halogens is 1. The van der Waals surface area contributed by atoms with Gasteiger partial charge in [-0.3, -0.25) is 4.79 Å². The maximum absolute atomic E-state index is 11.8. The van der Waals surface area contributed by atoms with Gasteiger partial charge in [0.25, 0.3) is 0 Å². The van der Waals surface area contributed by atoms with Crippen LogP contribution in [0.1, 0.15) is 30.0 Å². The zero-order chi connectivity index (χ0) is 15.4. The van der Waals surface area contributed by atoms with Gasteiger partial charge >= 0.3 is 0 Å².